The highest BCUT2D eigenvalue weighted by atomic mass is 19.1. The number of fused-ring (bicyclic) bond motifs is 1. The van der Waals surface area contributed by atoms with Crippen LogP contribution in [0.15, 0.2) is 23.2 Å². The number of carbonyl (C=O) groups excluding carboxylic acids is 1. The summed E-state index contributed by atoms with van der Waals surface area (Å²) in [5.74, 6) is -0.318. The van der Waals surface area contributed by atoms with Crippen LogP contribution >= 0.6 is 0 Å². The summed E-state index contributed by atoms with van der Waals surface area (Å²) in [4.78, 5) is 14.8. The van der Waals surface area contributed by atoms with Crippen molar-refractivity contribution in [1.82, 2.24) is 0 Å². The van der Waals surface area contributed by atoms with Crippen LogP contribution in [0, 0.1) is 5.82 Å². The summed E-state index contributed by atoms with van der Waals surface area (Å²) in [5, 5.41) is 1.33. The molecule has 0 aliphatic carbocycles. The van der Waals surface area contributed by atoms with E-state index >= 15 is 0 Å². The average Bonchev–Trinajstić information content (AvgIpc) is 2.39. The zero-order valence-corrected chi connectivity index (χ0v) is 7.12. The van der Waals surface area contributed by atoms with Crippen LogP contribution in [0.1, 0.15) is 6.92 Å². The molecule has 13 heavy (non-hydrogen) atoms. The Balaban J connectivity index is 2.85. The minimum atomic E-state index is -0.318. The van der Waals surface area contributed by atoms with E-state index < -0.39 is 0 Å². The standard InChI is InChI=1S/C10H8FNO/c1-6-9(5-13)8-3-2-7(11)4-10(8)12-6/h2-6H,1H3/t6-/m1/s1. The van der Waals surface area contributed by atoms with Gasteiger partial charge in [-0.25, -0.2) is 4.39 Å². The minimum absolute atomic E-state index is 0.144. The summed E-state index contributed by atoms with van der Waals surface area (Å²) in [6.07, 6.45) is 0.790. The molecule has 0 saturated heterocycles. The highest BCUT2D eigenvalue weighted by Crippen LogP contribution is 2.04. The molecule has 1 aliphatic rings. The molecule has 66 valence electrons. The second-order valence-corrected chi connectivity index (χ2v) is 3.04. The van der Waals surface area contributed by atoms with Crippen molar-refractivity contribution >= 4 is 11.9 Å². The topological polar surface area (TPSA) is 29.4 Å². The molecule has 1 aromatic carbocycles. The van der Waals surface area contributed by atoms with Gasteiger partial charge in [0, 0.05) is 10.8 Å². The zero-order chi connectivity index (χ0) is 9.42. The van der Waals surface area contributed by atoms with Crippen molar-refractivity contribution in [1.29, 1.82) is 0 Å². The van der Waals surface area contributed by atoms with Crippen LogP contribution in [0.3, 0.4) is 0 Å². The quantitative estimate of drug-likeness (QED) is 0.563. The molecule has 1 atom stereocenters. The van der Waals surface area contributed by atoms with E-state index in [1.165, 1.54) is 12.1 Å². The van der Waals surface area contributed by atoms with Crippen LogP contribution in [0.2, 0.25) is 0 Å². The lowest BCUT2D eigenvalue weighted by molar-refractivity contribution is -0.103. The maximum Gasteiger partial charge on any atom is 0.148 e. The maximum atomic E-state index is 12.8. The normalized spacial score (nSPS) is 19.5. The van der Waals surface area contributed by atoms with Crippen molar-refractivity contribution in [3.63, 3.8) is 0 Å². The van der Waals surface area contributed by atoms with E-state index in [0.717, 1.165) is 11.5 Å². The molecule has 0 radical (unpaired) electrons. The van der Waals surface area contributed by atoms with E-state index in [0.29, 0.717) is 10.9 Å². The summed E-state index contributed by atoms with van der Waals surface area (Å²) >= 11 is 0. The van der Waals surface area contributed by atoms with Crippen LogP contribution in [0.4, 0.5) is 4.39 Å². The molecule has 1 aliphatic heterocycles. The van der Waals surface area contributed by atoms with Gasteiger partial charge in [0.2, 0.25) is 0 Å². The first-order valence-corrected chi connectivity index (χ1v) is 4.05. The van der Waals surface area contributed by atoms with Crippen LogP contribution in [0.5, 0.6) is 0 Å². The molecule has 0 N–H and O–H groups in total. The SMILES string of the molecule is C[C@H]1N=c2cc(F)ccc2=C1C=O. The summed E-state index contributed by atoms with van der Waals surface area (Å²) in [5.41, 5.74) is 0.634. The van der Waals surface area contributed by atoms with Gasteiger partial charge in [-0.3, -0.25) is 9.79 Å². The molecular weight excluding hydrogens is 169 g/mol. The van der Waals surface area contributed by atoms with Crippen molar-refractivity contribution in [2.24, 2.45) is 4.99 Å². The number of carbonyl (C=O) groups is 1. The number of halogens is 1. The van der Waals surface area contributed by atoms with E-state index in [1.807, 2.05) is 6.92 Å². The summed E-state index contributed by atoms with van der Waals surface area (Å²) in [6, 6.07) is 4.15. The van der Waals surface area contributed by atoms with Crippen LogP contribution in [-0.4, -0.2) is 12.3 Å². The molecular formula is C10H8FNO. The second kappa shape index (κ2) is 2.76. The van der Waals surface area contributed by atoms with Crippen LogP contribution in [0.25, 0.3) is 5.57 Å². The van der Waals surface area contributed by atoms with E-state index in [4.69, 9.17) is 0 Å². The maximum absolute atomic E-state index is 12.8. The molecule has 1 heterocycles. The van der Waals surface area contributed by atoms with Gasteiger partial charge in [-0.05, 0) is 25.1 Å². The van der Waals surface area contributed by atoms with Gasteiger partial charge in [-0.1, -0.05) is 0 Å². The van der Waals surface area contributed by atoms with Crippen molar-refractivity contribution in [3.8, 4) is 0 Å². The van der Waals surface area contributed by atoms with Crippen molar-refractivity contribution in [2.75, 3.05) is 0 Å². The number of hydrogen-bond acceptors (Lipinski definition) is 2. The summed E-state index contributed by atoms with van der Waals surface area (Å²) in [7, 11) is 0. The first-order chi connectivity index (χ1) is 6.22. The Kier molecular flexibility index (Phi) is 1.72. The third kappa shape index (κ3) is 1.16. The van der Waals surface area contributed by atoms with Crippen molar-refractivity contribution in [3.05, 3.63) is 34.6 Å². The molecule has 0 bridgehead atoms. The van der Waals surface area contributed by atoms with Gasteiger partial charge in [0.1, 0.15) is 12.1 Å². The van der Waals surface area contributed by atoms with Gasteiger partial charge in [-0.2, -0.15) is 0 Å². The lowest BCUT2D eigenvalue weighted by atomic mass is 10.1. The Bertz CT molecular complexity index is 478. The molecule has 1 aromatic rings. The van der Waals surface area contributed by atoms with E-state index in [9.17, 15) is 9.18 Å². The fraction of sp³-hybridized carbons (Fsp3) is 0.200. The smallest absolute Gasteiger partial charge is 0.148 e. The highest BCUT2D eigenvalue weighted by molar-refractivity contribution is 6.01. The summed E-state index contributed by atoms with van der Waals surface area (Å²) < 4.78 is 12.8. The van der Waals surface area contributed by atoms with Gasteiger partial charge in [-0.15, -0.1) is 0 Å². The summed E-state index contributed by atoms with van der Waals surface area (Å²) in [6.45, 7) is 1.82. The lowest BCUT2D eigenvalue weighted by Crippen LogP contribution is -2.23. The van der Waals surface area contributed by atoms with E-state index in [-0.39, 0.29) is 11.9 Å². The number of benzene rings is 1. The number of rotatable bonds is 1. The second-order valence-electron chi connectivity index (χ2n) is 3.04. The molecule has 0 saturated carbocycles. The molecule has 2 rings (SSSR count). The number of hydrogen-bond donors (Lipinski definition) is 0. The minimum Gasteiger partial charge on any atom is -0.298 e. The van der Waals surface area contributed by atoms with Crippen LogP contribution < -0.4 is 10.6 Å². The van der Waals surface area contributed by atoms with Crippen molar-refractivity contribution in [2.45, 2.75) is 13.0 Å². The van der Waals surface area contributed by atoms with E-state index in [1.54, 1.807) is 6.07 Å². The largest absolute Gasteiger partial charge is 0.298 e. The van der Waals surface area contributed by atoms with E-state index in [2.05, 4.69) is 4.99 Å². The Hall–Kier alpha value is -1.51. The highest BCUT2D eigenvalue weighted by Gasteiger charge is 2.13. The predicted octanol–water partition coefficient (Wildman–Crippen LogP) is 0.197. The molecule has 3 heteroatoms. The molecule has 0 amide bonds. The fourth-order valence-electron chi connectivity index (χ4n) is 1.52. The van der Waals surface area contributed by atoms with Gasteiger partial charge in [0.05, 0.1) is 11.4 Å². The molecule has 0 aromatic heterocycles. The first-order valence-electron chi connectivity index (χ1n) is 4.05. The van der Waals surface area contributed by atoms with Crippen molar-refractivity contribution < 1.29 is 9.18 Å². The van der Waals surface area contributed by atoms with Crippen LogP contribution in [-0.2, 0) is 4.79 Å². The third-order valence-electron chi connectivity index (χ3n) is 2.18. The van der Waals surface area contributed by atoms with Gasteiger partial charge in [0.15, 0.2) is 0 Å². The molecule has 0 unspecified atom stereocenters. The third-order valence-corrected chi connectivity index (χ3v) is 2.18. The Labute approximate surface area is 74.4 Å². The Morgan fingerprint density at radius 3 is 3.00 bits per heavy atom. The Morgan fingerprint density at radius 1 is 1.54 bits per heavy atom. The average molecular weight is 177 g/mol. The molecule has 2 nitrogen and oxygen atoms in total. The number of aldehydes is 1. The predicted molar refractivity (Wildman–Crippen MR) is 46.1 cm³/mol. The molecule has 0 spiro atoms. The fourth-order valence-corrected chi connectivity index (χ4v) is 1.52. The van der Waals surface area contributed by atoms with Gasteiger partial charge < -0.3 is 0 Å². The lowest BCUT2D eigenvalue weighted by Gasteiger charge is -1.96. The van der Waals surface area contributed by atoms with Gasteiger partial charge >= 0.3 is 0 Å². The zero-order valence-electron chi connectivity index (χ0n) is 7.12. The monoisotopic (exact) mass is 177 g/mol. The first kappa shape index (κ1) is 8.10. The van der Waals surface area contributed by atoms with Gasteiger partial charge in [0.25, 0.3) is 0 Å². The Morgan fingerprint density at radius 2 is 2.31 bits per heavy atom. The number of nitrogens with zero attached hydrogens (tertiary/aromatic N) is 1. The molecule has 0 fully saturated rings.